The number of hydrogen-bond acceptors (Lipinski definition) is 6. The van der Waals surface area contributed by atoms with Crippen molar-refractivity contribution in [3.63, 3.8) is 0 Å². The molecule has 0 spiro atoms. The quantitative estimate of drug-likeness (QED) is 0.722. The van der Waals surface area contributed by atoms with E-state index < -0.39 is 0 Å². The lowest BCUT2D eigenvalue weighted by Crippen LogP contribution is -1.99. The number of H-pyrrole nitrogens is 1. The van der Waals surface area contributed by atoms with Crippen LogP contribution in [0, 0.1) is 4.91 Å². The average Bonchev–Trinajstić information content (AvgIpc) is 2.94. The number of aromatic amines is 1. The van der Waals surface area contributed by atoms with Gasteiger partial charge < -0.3 is 9.72 Å². The Morgan fingerprint density at radius 3 is 2.84 bits per heavy atom. The van der Waals surface area contributed by atoms with Crippen LogP contribution in [0.5, 0.6) is 5.88 Å². The van der Waals surface area contributed by atoms with E-state index in [0.29, 0.717) is 17.8 Å². The molecule has 3 aromatic rings. The van der Waals surface area contributed by atoms with E-state index in [1.54, 1.807) is 0 Å². The number of fused-ring (bicyclic) bond motifs is 1. The van der Waals surface area contributed by atoms with Crippen LogP contribution < -0.4 is 4.74 Å². The molecule has 0 unspecified atom stereocenters. The first-order chi connectivity index (χ1) is 9.36. The topological polar surface area (TPSA) is 93.1 Å². The monoisotopic (exact) mass is 255 g/mol. The molecule has 0 saturated heterocycles. The lowest BCUT2D eigenvalue weighted by Gasteiger charge is -2.05. The van der Waals surface area contributed by atoms with E-state index in [9.17, 15) is 4.91 Å². The van der Waals surface area contributed by atoms with Crippen LogP contribution >= 0.6 is 0 Å². The van der Waals surface area contributed by atoms with Crippen molar-refractivity contribution in [3.8, 4) is 5.88 Å². The highest BCUT2D eigenvalue weighted by atomic mass is 16.5. The maximum absolute atomic E-state index is 10.5. The number of nitrogens with one attached hydrogen (secondary N) is 1. The highest BCUT2D eigenvalue weighted by Crippen LogP contribution is 2.22. The van der Waals surface area contributed by atoms with Gasteiger partial charge in [-0.1, -0.05) is 30.3 Å². The van der Waals surface area contributed by atoms with Crippen molar-refractivity contribution in [1.82, 2.24) is 19.9 Å². The third kappa shape index (κ3) is 2.25. The van der Waals surface area contributed by atoms with E-state index in [-0.39, 0.29) is 11.8 Å². The van der Waals surface area contributed by atoms with Gasteiger partial charge in [0.2, 0.25) is 5.88 Å². The van der Waals surface area contributed by atoms with Gasteiger partial charge in [-0.2, -0.15) is 9.97 Å². The van der Waals surface area contributed by atoms with Crippen LogP contribution in [-0.4, -0.2) is 19.9 Å². The van der Waals surface area contributed by atoms with E-state index >= 15 is 0 Å². The summed E-state index contributed by atoms with van der Waals surface area (Å²) in [6.07, 6.45) is 1.46. The number of ether oxygens (including phenoxy) is 1. The first-order valence-corrected chi connectivity index (χ1v) is 5.58. The van der Waals surface area contributed by atoms with Gasteiger partial charge >= 0.3 is 0 Å². The Hall–Kier alpha value is -2.83. The molecule has 0 bridgehead atoms. The van der Waals surface area contributed by atoms with Gasteiger partial charge in [-0.05, 0) is 5.56 Å². The van der Waals surface area contributed by atoms with Crippen LogP contribution in [0.15, 0.2) is 41.8 Å². The maximum atomic E-state index is 10.5. The predicted octanol–water partition coefficient (Wildman–Crippen LogP) is 2.33. The molecule has 94 valence electrons. The van der Waals surface area contributed by atoms with E-state index in [1.165, 1.54) is 6.33 Å². The predicted molar refractivity (Wildman–Crippen MR) is 67.9 cm³/mol. The second-order valence-corrected chi connectivity index (χ2v) is 3.80. The lowest BCUT2D eigenvalue weighted by atomic mass is 10.2. The summed E-state index contributed by atoms with van der Waals surface area (Å²) in [7, 11) is 0. The Morgan fingerprint density at radius 2 is 2.05 bits per heavy atom. The van der Waals surface area contributed by atoms with Crippen LogP contribution in [0.1, 0.15) is 5.56 Å². The van der Waals surface area contributed by atoms with Crippen molar-refractivity contribution in [2.24, 2.45) is 5.18 Å². The smallest absolute Gasteiger partial charge is 0.296 e. The average molecular weight is 255 g/mol. The number of aromatic nitrogens is 4. The zero-order valence-corrected chi connectivity index (χ0v) is 9.78. The molecule has 3 rings (SSSR count). The van der Waals surface area contributed by atoms with Crippen molar-refractivity contribution in [1.29, 1.82) is 0 Å². The Kier molecular flexibility index (Phi) is 2.85. The number of rotatable bonds is 4. The second kappa shape index (κ2) is 4.81. The SMILES string of the molecule is O=Nc1nc(OCc2ccccc2)c2[nH]cnc2n1. The second-order valence-electron chi connectivity index (χ2n) is 3.80. The minimum absolute atomic E-state index is 0.192. The lowest BCUT2D eigenvalue weighted by molar-refractivity contribution is 0.297. The summed E-state index contributed by atoms with van der Waals surface area (Å²) in [5, 5.41) is 2.71. The summed E-state index contributed by atoms with van der Waals surface area (Å²) in [4.78, 5) is 25.1. The van der Waals surface area contributed by atoms with Crippen LogP contribution in [0.4, 0.5) is 5.95 Å². The summed E-state index contributed by atoms with van der Waals surface area (Å²) >= 11 is 0. The van der Waals surface area contributed by atoms with Crippen molar-refractivity contribution in [2.45, 2.75) is 6.61 Å². The molecule has 19 heavy (non-hydrogen) atoms. The molecule has 0 fully saturated rings. The number of hydrogen-bond donors (Lipinski definition) is 1. The number of imidazole rings is 1. The van der Waals surface area contributed by atoms with Gasteiger partial charge in [0, 0.05) is 5.18 Å². The molecule has 0 radical (unpaired) electrons. The fourth-order valence-corrected chi connectivity index (χ4v) is 1.67. The molecule has 2 aromatic heterocycles. The van der Waals surface area contributed by atoms with E-state index in [1.807, 2.05) is 30.3 Å². The summed E-state index contributed by atoms with van der Waals surface area (Å²) in [5.74, 6) is 0.0728. The number of nitroso groups, excluding NO2 is 1. The minimum Gasteiger partial charge on any atom is -0.471 e. The van der Waals surface area contributed by atoms with Gasteiger partial charge in [-0.3, -0.25) is 0 Å². The van der Waals surface area contributed by atoms with Crippen LogP contribution in [0.3, 0.4) is 0 Å². The first kappa shape index (κ1) is 11.3. The summed E-state index contributed by atoms with van der Waals surface area (Å²) in [6, 6.07) is 9.63. The molecule has 0 aliphatic carbocycles. The molecule has 0 saturated carbocycles. The number of nitrogens with zero attached hydrogens (tertiary/aromatic N) is 4. The minimum atomic E-state index is -0.192. The summed E-state index contributed by atoms with van der Waals surface area (Å²) in [5.41, 5.74) is 1.89. The highest BCUT2D eigenvalue weighted by Gasteiger charge is 2.11. The molecule has 0 atom stereocenters. The molecule has 0 amide bonds. The highest BCUT2D eigenvalue weighted by molar-refractivity contribution is 5.76. The zero-order valence-electron chi connectivity index (χ0n) is 9.78. The van der Waals surface area contributed by atoms with Crippen molar-refractivity contribution in [2.75, 3.05) is 0 Å². The van der Waals surface area contributed by atoms with E-state index in [0.717, 1.165) is 5.56 Å². The Balaban J connectivity index is 1.91. The van der Waals surface area contributed by atoms with Crippen molar-refractivity contribution in [3.05, 3.63) is 47.1 Å². The molecule has 7 nitrogen and oxygen atoms in total. The van der Waals surface area contributed by atoms with Gasteiger partial charge in [0.15, 0.2) is 5.65 Å². The Labute approximate surface area is 107 Å². The van der Waals surface area contributed by atoms with Gasteiger partial charge in [0.05, 0.1) is 6.33 Å². The third-order valence-corrected chi connectivity index (χ3v) is 2.54. The Bertz CT molecular complexity index is 710. The van der Waals surface area contributed by atoms with Crippen LogP contribution in [0.25, 0.3) is 11.2 Å². The largest absolute Gasteiger partial charge is 0.471 e. The molecule has 1 aromatic carbocycles. The molecule has 0 aliphatic heterocycles. The first-order valence-electron chi connectivity index (χ1n) is 5.58. The fourth-order valence-electron chi connectivity index (χ4n) is 1.67. The van der Waals surface area contributed by atoms with Gasteiger partial charge in [-0.15, -0.1) is 4.91 Å². The van der Waals surface area contributed by atoms with E-state index in [2.05, 4.69) is 25.1 Å². The van der Waals surface area contributed by atoms with Gasteiger partial charge in [-0.25, -0.2) is 4.98 Å². The van der Waals surface area contributed by atoms with Crippen molar-refractivity contribution >= 4 is 17.1 Å². The molecule has 1 N–H and O–H groups in total. The van der Waals surface area contributed by atoms with Gasteiger partial charge in [0.1, 0.15) is 12.1 Å². The van der Waals surface area contributed by atoms with Gasteiger partial charge in [0.25, 0.3) is 5.95 Å². The summed E-state index contributed by atoms with van der Waals surface area (Å²) in [6.45, 7) is 0.338. The molecular weight excluding hydrogens is 246 g/mol. The van der Waals surface area contributed by atoms with Crippen LogP contribution in [0.2, 0.25) is 0 Å². The molecule has 0 aliphatic rings. The summed E-state index contributed by atoms with van der Waals surface area (Å²) < 4.78 is 5.58. The van der Waals surface area contributed by atoms with E-state index in [4.69, 9.17) is 4.74 Å². The molecule has 2 heterocycles. The third-order valence-electron chi connectivity index (χ3n) is 2.54. The van der Waals surface area contributed by atoms with Crippen molar-refractivity contribution < 1.29 is 4.74 Å². The normalized spacial score (nSPS) is 10.5. The molecule has 7 heteroatoms. The number of benzene rings is 1. The zero-order chi connectivity index (χ0) is 13.1. The maximum Gasteiger partial charge on any atom is 0.296 e. The fraction of sp³-hybridized carbons (Fsp3) is 0.0833. The van der Waals surface area contributed by atoms with Crippen LogP contribution in [-0.2, 0) is 6.61 Å². The Morgan fingerprint density at radius 1 is 1.21 bits per heavy atom. The molecular formula is C12H9N5O2. The standard InChI is InChI=1S/C12H9N5O2/c18-17-12-15-10-9(13-7-14-10)11(16-12)19-6-8-4-2-1-3-5-8/h1-5,7H,6H2,(H,13,14,15,16).